The Morgan fingerprint density at radius 2 is 1.74 bits per heavy atom. The molecule has 2 N–H and O–H groups in total. The summed E-state index contributed by atoms with van der Waals surface area (Å²) in [6.45, 7) is 6.16. The van der Waals surface area contributed by atoms with Gasteiger partial charge in [0.2, 0.25) is 10.0 Å². The van der Waals surface area contributed by atoms with E-state index in [0.717, 1.165) is 5.56 Å². The predicted molar refractivity (Wildman–Crippen MR) is 107 cm³/mol. The van der Waals surface area contributed by atoms with Crippen LogP contribution in [0.4, 0.5) is 5.69 Å². The van der Waals surface area contributed by atoms with Crippen LogP contribution in [0.2, 0.25) is 0 Å². The van der Waals surface area contributed by atoms with Gasteiger partial charge in [-0.3, -0.25) is 4.79 Å². The molecular weight excluding hydrogens is 364 g/mol. The molecule has 0 radical (unpaired) electrons. The van der Waals surface area contributed by atoms with Gasteiger partial charge >= 0.3 is 0 Å². The quantitative estimate of drug-likeness (QED) is 0.724. The van der Waals surface area contributed by atoms with Gasteiger partial charge in [-0.05, 0) is 54.8 Å². The van der Waals surface area contributed by atoms with Gasteiger partial charge in [-0.2, -0.15) is 0 Å². The Morgan fingerprint density at radius 3 is 2.33 bits per heavy atom. The third-order valence-corrected chi connectivity index (χ3v) is 5.62. The van der Waals surface area contributed by atoms with Crippen molar-refractivity contribution in [3.05, 3.63) is 59.7 Å². The van der Waals surface area contributed by atoms with Crippen LogP contribution in [0.15, 0.2) is 53.4 Å². The molecule has 0 spiro atoms. The largest absolute Gasteiger partial charge is 0.383 e. The Labute approximate surface area is 161 Å². The highest BCUT2D eigenvalue weighted by Crippen LogP contribution is 2.19. The SMILES string of the molecule is COC[C@@H](C)NS(=O)(=O)c1ccc(C(=O)Nc2cccc(C(C)C)c2)cc1. The fraction of sp³-hybridized carbons (Fsp3) is 0.350. The standard InChI is InChI=1S/C20H26N2O4S/c1-14(2)17-6-5-7-18(12-17)21-20(23)16-8-10-19(11-9-16)27(24,25)22-15(3)13-26-4/h5-12,14-15,22H,13H2,1-4H3,(H,21,23)/t15-/m1/s1. The van der Waals surface area contributed by atoms with Crippen molar-refractivity contribution < 1.29 is 17.9 Å². The zero-order chi connectivity index (χ0) is 20.0. The Morgan fingerprint density at radius 1 is 1.07 bits per heavy atom. The third kappa shape index (κ3) is 5.89. The first-order valence-corrected chi connectivity index (χ1v) is 10.2. The molecule has 0 bridgehead atoms. The van der Waals surface area contributed by atoms with Crippen molar-refractivity contribution in [3.63, 3.8) is 0 Å². The monoisotopic (exact) mass is 390 g/mol. The molecule has 1 atom stereocenters. The fourth-order valence-electron chi connectivity index (χ4n) is 2.58. The zero-order valence-electron chi connectivity index (χ0n) is 16.0. The second-order valence-corrected chi connectivity index (χ2v) is 8.45. The second kappa shape index (κ2) is 9.12. The van der Waals surface area contributed by atoms with Crippen molar-refractivity contribution >= 4 is 21.6 Å². The van der Waals surface area contributed by atoms with E-state index in [1.807, 2.05) is 24.3 Å². The van der Waals surface area contributed by atoms with Crippen molar-refractivity contribution in [3.8, 4) is 0 Å². The molecule has 0 heterocycles. The fourth-order valence-corrected chi connectivity index (χ4v) is 3.81. The Kier molecular flexibility index (Phi) is 7.12. The summed E-state index contributed by atoms with van der Waals surface area (Å²) in [5.74, 6) is 0.0694. The summed E-state index contributed by atoms with van der Waals surface area (Å²) in [7, 11) is -2.15. The van der Waals surface area contributed by atoms with Crippen LogP contribution in [0.3, 0.4) is 0 Å². The minimum Gasteiger partial charge on any atom is -0.383 e. The van der Waals surface area contributed by atoms with E-state index in [4.69, 9.17) is 4.74 Å². The van der Waals surface area contributed by atoms with Gasteiger partial charge < -0.3 is 10.1 Å². The molecule has 0 saturated heterocycles. The summed E-state index contributed by atoms with van der Waals surface area (Å²) in [5, 5.41) is 2.84. The molecule has 2 rings (SSSR count). The number of rotatable bonds is 8. The summed E-state index contributed by atoms with van der Waals surface area (Å²) in [6.07, 6.45) is 0. The average molecular weight is 391 g/mol. The normalized spacial score (nSPS) is 12.8. The Bertz CT molecular complexity index is 877. The first-order chi connectivity index (χ1) is 12.7. The van der Waals surface area contributed by atoms with Gasteiger partial charge in [0.15, 0.2) is 0 Å². The van der Waals surface area contributed by atoms with Gasteiger partial charge in [0, 0.05) is 24.4 Å². The van der Waals surface area contributed by atoms with Gasteiger partial charge in [0.25, 0.3) is 5.91 Å². The minimum atomic E-state index is -3.66. The van der Waals surface area contributed by atoms with Crippen LogP contribution in [0.1, 0.15) is 42.6 Å². The van der Waals surface area contributed by atoms with Crippen molar-refractivity contribution in [1.82, 2.24) is 4.72 Å². The van der Waals surface area contributed by atoms with Gasteiger partial charge in [-0.15, -0.1) is 0 Å². The summed E-state index contributed by atoms with van der Waals surface area (Å²) < 4.78 is 32.1. The lowest BCUT2D eigenvalue weighted by Gasteiger charge is -2.13. The number of hydrogen-bond acceptors (Lipinski definition) is 4. The number of benzene rings is 2. The molecule has 7 heteroatoms. The molecule has 2 aromatic carbocycles. The van der Waals surface area contributed by atoms with Gasteiger partial charge in [-0.1, -0.05) is 26.0 Å². The summed E-state index contributed by atoms with van der Waals surface area (Å²) in [4.78, 5) is 12.5. The molecule has 0 aromatic heterocycles. The molecule has 27 heavy (non-hydrogen) atoms. The molecule has 0 aliphatic carbocycles. The molecule has 2 aromatic rings. The summed E-state index contributed by atoms with van der Waals surface area (Å²) >= 11 is 0. The minimum absolute atomic E-state index is 0.101. The van der Waals surface area contributed by atoms with Crippen LogP contribution in [0.5, 0.6) is 0 Å². The van der Waals surface area contributed by atoms with Crippen LogP contribution < -0.4 is 10.0 Å². The number of carbonyl (C=O) groups is 1. The summed E-state index contributed by atoms with van der Waals surface area (Å²) in [5.41, 5.74) is 2.22. The molecule has 1 amide bonds. The van der Waals surface area contributed by atoms with Gasteiger partial charge in [0.1, 0.15) is 0 Å². The van der Waals surface area contributed by atoms with E-state index >= 15 is 0 Å². The number of carbonyl (C=O) groups excluding carboxylic acids is 1. The van der Waals surface area contributed by atoms with E-state index in [2.05, 4.69) is 23.9 Å². The van der Waals surface area contributed by atoms with Crippen molar-refractivity contribution in [2.45, 2.75) is 37.6 Å². The van der Waals surface area contributed by atoms with Crippen LogP contribution in [-0.2, 0) is 14.8 Å². The lowest BCUT2D eigenvalue weighted by molar-refractivity contribution is 0.102. The highest BCUT2D eigenvalue weighted by Gasteiger charge is 2.18. The second-order valence-electron chi connectivity index (χ2n) is 6.74. The lowest BCUT2D eigenvalue weighted by Crippen LogP contribution is -2.35. The molecule has 0 aliphatic rings. The van der Waals surface area contributed by atoms with Gasteiger partial charge in [0.05, 0.1) is 11.5 Å². The van der Waals surface area contributed by atoms with Crippen LogP contribution in [0.25, 0.3) is 0 Å². The molecule has 0 unspecified atom stereocenters. The maximum Gasteiger partial charge on any atom is 0.255 e. The molecule has 0 saturated carbocycles. The number of sulfonamides is 1. The number of ether oxygens (including phenoxy) is 1. The van der Waals surface area contributed by atoms with Crippen molar-refractivity contribution in [2.24, 2.45) is 0 Å². The van der Waals surface area contributed by atoms with E-state index in [0.29, 0.717) is 17.2 Å². The average Bonchev–Trinajstić information content (AvgIpc) is 2.61. The van der Waals surface area contributed by atoms with E-state index in [-0.39, 0.29) is 23.5 Å². The molecular formula is C20H26N2O4S. The van der Waals surface area contributed by atoms with Crippen LogP contribution in [0, 0.1) is 0 Å². The summed E-state index contributed by atoms with van der Waals surface area (Å²) in [6, 6.07) is 13.1. The van der Waals surface area contributed by atoms with Crippen LogP contribution >= 0.6 is 0 Å². The first-order valence-electron chi connectivity index (χ1n) is 8.75. The number of anilines is 1. The number of amides is 1. The van der Waals surface area contributed by atoms with Crippen molar-refractivity contribution in [1.29, 1.82) is 0 Å². The topological polar surface area (TPSA) is 84.5 Å². The number of methoxy groups -OCH3 is 1. The first kappa shape index (κ1) is 21.1. The smallest absolute Gasteiger partial charge is 0.255 e. The maximum atomic E-state index is 12.4. The van der Waals surface area contributed by atoms with Gasteiger partial charge in [-0.25, -0.2) is 13.1 Å². The predicted octanol–water partition coefficient (Wildman–Crippen LogP) is 3.38. The number of hydrogen-bond donors (Lipinski definition) is 2. The van der Waals surface area contributed by atoms with E-state index in [1.54, 1.807) is 6.92 Å². The zero-order valence-corrected chi connectivity index (χ0v) is 16.8. The molecule has 0 fully saturated rings. The Hall–Kier alpha value is -2.22. The highest BCUT2D eigenvalue weighted by atomic mass is 32.2. The Balaban J connectivity index is 2.10. The van der Waals surface area contributed by atoms with Crippen molar-refractivity contribution in [2.75, 3.05) is 19.0 Å². The third-order valence-electron chi connectivity index (χ3n) is 4.01. The number of nitrogens with one attached hydrogen (secondary N) is 2. The maximum absolute atomic E-state index is 12.4. The van der Waals surface area contributed by atoms with E-state index < -0.39 is 10.0 Å². The van der Waals surface area contributed by atoms with Crippen LogP contribution in [-0.4, -0.2) is 34.1 Å². The lowest BCUT2D eigenvalue weighted by atomic mass is 10.0. The van der Waals surface area contributed by atoms with E-state index in [1.165, 1.54) is 31.4 Å². The van der Waals surface area contributed by atoms with E-state index in [9.17, 15) is 13.2 Å². The molecule has 6 nitrogen and oxygen atoms in total. The highest BCUT2D eigenvalue weighted by molar-refractivity contribution is 7.89. The molecule has 146 valence electrons. The molecule has 0 aliphatic heterocycles.